The Morgan fingerprint density at radius 2 is 1.90 bits per heavy atom. The number of nitrogens with zero attached hydrogens (tertiary/aromatic N) is 3. The maximum Gasteiger partial charge on any atom is 0.252 e. The molecule has 6 heteroatoms. The molecule has 1 unspecified atom stereocenters. The van der Waals surface area contributed by atoms with Crippen LogP contribution < -0.4 is 10.6 Å². The van der Waals surface area contributed by atoms with Crippen LogP contribution in [0.4, 0.5) is 5.82 Å². The first-order valence-electron chi connectivity index (χ1n) is 10.4. The van der Waals surface area contributed by atoms with Crippen molar-refractivity contribution in [2.75, 3.05) is 31.1 Å². The van der Waals surface area contributed by atoms with Gasteiger partial charge in [0.2, 0.25) is 5.91 Å². The van der Waals surface area contributed by atoms with Crippen molar-refractivity contribution in [2.45, 2.75) is 39.0 Å². The summed E-state index contributed by atoms with van der Waals surface area (Å²) in [5.41, 5.74) is 10.4. The molecule has 1 aromatic heterocycles. The van der Waals surface area contributed by atoms with Gasteiger partial charge in [-0.15, -0.1) is 0 Å². The Labute approximate surface area is 171 Å². The molecule has 2 aromatic rings. The predicted octanol–water partition coefficient (Wildman–Crippen LogP) is 2.57. The van der Waals surface area contributed by atoms with Crippen LogP contribution >= 0.6 is 0 Å². The van der Waals surface area contributed by atoms with Crippen LogP contribution in [0, 0.1) is 13.8 Å². The van der Waals surface area contributed by atoms with Crippen LogP contribution in [-0.2, 0) is 11.2 Å². The Bertz CT molecular complexity index is 956. The van der Waals surface area contributed by atoms with Crippen molar-refractivity contribution >= 4 is 17.6 Å². The molecule has 0 bridgehead atoms. The number of aromatic nitrogens is 1. The third-order valence-electron chi connectivity index (χ3n) is 6.25. The molecule has 152 valence electrons. The number of pyridine rings is 1. The highest BCUT2D eigenvalue weighted by molar-refractivity contribution is 5.98. The van der Waals surface area contributed by atoms with E-state index in [9.17, 15) is 9.59 Å². The van der Waals surface area contributed by atoms with Gasteiger partial charge in [-0.05, 0) is 55.9 Å². The van der Waals surface area contributed by atoms with Crippen molar-refractivity contribution in [2.24, 2.45) is 5.73 Å². The number of benzene rings is 1. The maximum atomic E-state index is 13.3. The van der Waals surface area contributed by atoms with Gasteiger partial charge in [-0.1, -0.05) is 24.3 Å². The molecule has 1 aliphatic carbocycles. The molecule has 2 N–H and O–H groups in total. The molecule has 1 aliphatic heterocycles. The lowest BCUT2D eigenvalue weighted by Gasteiger charge is -2.26. The average Bonchev–Trinajstić information content (AvgIpc) is 2.98. The Kier molecular flexibility index (Phi) is 5.26. The van der Waals surface area contributed by atoms with Gasteiger partial charge in [0.15, 0.2) is 0 Å². The summed E-state index contributed by atoms with van der Waals surface area (Å²) in [6.07, 6.45) is 2.71. The van der Waals surface area contributed by atoms with E-state index in [4.69, 9.17) is 5.73 Å². The number of hydrogen-bond acceptors (Lipinski definition) is 4. The van der Waals surface area contributed by atoms with E-state index < -0.39 is 5.91 Å². The number of hydrogen-bond donors (Lipinski definition) is 1. The van der Waals surface area contributed by atoms with E-state index in [1.165, 1.54) is 11.1 Å². The molecule has 0 radical (unpaired) electrons. The van der Waals surface area contributed by atoms with Crippen molar-refractivity contribution in [3.63, 3.8) is 0 Å². The van der Waals surface area contributed by atoms with Gasteiger partial charge in [-0.3, -0.25) is 9.59 Å². The first-order chi connectivity index (χ1) is 14.0. The van der Waals surface area contributed by atoms with E-state index in [1.807, 2.05) is 36.9 Å². The largest absolute Gasteiger partial charge is 0.365 e. The highest BCUT2D eigenvalue weighted by atomic mass is 16.2. The molecule has 0 saturated carbocycles. The number of amides is 2. The highest BCUT2D eigenvalue weighted by Gasteiger charge is 2.32. The topological polar surface area (TPSA) is 79.5 Å². The normalized spacial score (nSPS) is 19.0. The van der Waals surface area contributed by atoms with Crippen LogP contribution in [-0.4, -0.2) is 47.9 Å². The third kappa shape index (κ3) is 3.71. The number of carbonyl (C=O) groups is 2. The van der Waals surface area contributed by atoms with Crippen molar-refractivity contribution < 1.29 is 9.59 Å². The molecule has 29 heavy (non-hydrogen) atoms. The fourth-order valence-corrected chi connectivity index (χ4v) is 4.50. The van der Waals surface area contributed by atoms with Crippen molar-refractivity contribution in [3.8, 4) is 0 Å². The van der Waals surface area contributed by atoms with Gasteiger partial charge in [-0.25, -0.2) is 4.98 Å². The standard InChI is InChI=1S/C23H28N4O2/c1-15-14-20(21(24)28)22(25-16(15)2)26-10-5-11-27(13-12-26)23(29)19-9-8-17-6-3-4-7-18(17)19/h3-4,6-7,14,19H,5,8-13H2,1-2H3,(H2,24,28). The minimum absolute atomic E-state index is 0.0290. The Hall–Kier alpha value is -2.89. The van der Waals surface area contributed by atoms with Crippen LogP contribution in [0.25, 0.3) is 0 Å². The summed E-state index contributed by atoms with van der Waals surface area (Å²) in [5, 5.41) is 0. The van der Waals surface area contributed by atoms with Crippen molar-refractivity contribution in [1.29, 1.82) is 0 Å². The van der Waals surface area contributed by atoms with Gasteiger partial charge in [0, 0.05) is 31.9 Å². The van der Waals surface area contributed by atoms with Gasteiger partial charge in [0.25, 0.3) is 5.91 Å². The van der Waals surface area contributed by atoms with E-state index in [1.54, 1.807) is 0 Å². The lowest BCUT2D eigenvalue weighted by Crippen LogP contribution is -2.38. The Balaban J connectivity index is 1.52. The second kappa shape index (κ2) is 7.85. The third-order valence-corrected chi connectivity index (χ3v) is 6.25. The number of nitrogens with two attached hydrogens (primary N) is 1. The van der Waals surface area contributed by atoms with Crippen molar-refractivity contribution in [3.05, 3.63) is 58.3 Å². The van der Waals surface area contributed by atoms with Gasteiger partial charge in [0.1, 0.15) is 5.82 Å². The van der Waals surface area contributed by atoms with Gasteiger partial charge in [0.05, 0.1) is 11.5 Å². The zero-order chi connectivity index (χ0) is 20.5. The zero-order valence-corrected chi connectivity index (χ0v) is 17.1. The number of carbonyl (C=O) groups excluding carboxylic acids is 2. The number of aryl methyl sites for hydroxylation is 3. The smallest absolute Gasteiger partial charge is 0.252 e. The first kappa shape index (κ1) is 19.4. The van der Waals surface area contributed by atoms with Crippen LogP contribution in [0.15, 0.2) is 30.3 Å². The summed E-state index contributed by atoms with van der Waals surface area (Å²) in [6.45, 7) is 6.63. The van der Waals surface area contributed by atoms with Gasteiger partial charge < -0.3 is 15.5 Å². The molecule has 1 aromatic carbocycles. The van der Waals surface area contributed by atoms with Crippen LogP contribution in [0.1, 0.15) is 51.5 Å². The Morgan fingerprint density at radius 3 is 2.69 bits per heavy atom. The second-order valence-corrected chi connectivity index (χ2v) is 8.08. The maximum absolute atomic E-state index is 13.3. The quantitative estimate of drug-likeness (QED) is 0.871. The molecule has 1 saturated heterocycles. The molecule has 6 nitrogen and oxygen atoms in total. The number of fused-ring (bicyclic) bond motifs is 1. The zero-order valence-electron chi connectivity index (χ0n) is 17.1. The molecule has 2 amide bonds. The van der Waals surface area contributed by atoms with E-state index in [2.05, 4.69) is 22.0 Å². The summed E-state index contributed by atoms with van der Waals surface area (Å²) < 4.78 is 0. The summed E-state index contributed by atoms with van der Waals surface area (Å²) >= 11 is 0. The fourth-order valence-electron chi connectivity index (χ4n) is 4.50. The molecule has 1 atom stereocenters. The molecule has 2 aliphatic rings. The lowest BCUT2D eigenvalue weighted by molar-refractivity contribution is -0.132. The highest BCUT2D eigenvalue weighted by Crippen LogP contribution is 2.34. The number of anilines is 1. The van der Waals surface area contributed by atoms with E-state index in [0.717, 1.165) is 43.6 Å². The summed E-state index contributed by atoms with van der Waals surface area (Å²) in [4.78, 5) is 34.0. The summed E-state index contributed by atoms with van der Waals surface area (Å²) in [7, 11) is 0. The first-order valence-corrected chi connectivity index (χ1v) is 10.4. The van der Waals surface area contributed by atoms with E-state index >= 15 is 0 Å². The number of primary amides is 1. The monoisotopic (exact) mass is 392 g/mol. The van der Waals surface area contributed by atoms with Crippen LogP contribution in [0.2, 0.25) is 0 Å². The SMILES string of the molecule is Cc1cc(C(N)=O)c(N2CCCN(C(=O)C3CCc4ccccc43)CC2)nc1C. The van der Waals surface area contributed by atoms with E-state index in [-0.39, 0.29) is 11.8 Å². The predicted molar refractivity (Wildman–Crippen MR) is 113 cm³/mol. The molecule has 1 fully saturated rings. The number of rotatable bonds is 3. The summed E-state index contributed by atoms with van der Waals surface area (Å²) in [6, 6.07) is 10.1. The Morgan fingerprint density at radius 1 is 1.10 bits per heavy atom. The molecular formula is C23H28N4O2. The van der Waals surface area contributed by atoms with Crippen LogP contribution in [0.5, 0.6) is 0 Å². The molecule has 2 heterocycles. The average molecular weight is 393 g/mol. The minimum atomic E-state index is -0.463. The van der Waals surface area contributed by atoms with Crippen molar-refractivity contribution in [1.82, 2.24) is 9.88 Å². The fraction of sp³-hybridized carbons (Fsp3) is 0.435. The van der Waals surface area contributed by atoms with E-state index in [0.29, 0.717) is 24.5 Å². The van der Waals surface area contributed by atoms with Gasteiger partial charge in [-0.2, -0.15) is 0 Å². The second-order valence-electron chi connectivity index (χ2n) is 8.08. The molecule has 4 rings (SSSR count). The molecular weight excluding hydrogens is 364 g/mol. The minimum Gasteiger partial charge on any atom is -0.365 e. The molecule has 0 spiro atoms. The van der Waals surface area contributed by atoms with Gasteiger partial charge >= 0.3 is 0 Å². The summed E-state index contributed by atoms with van der Waals surface area (Å²) in [5.74, 6) is 0.370. The lowest BCUT2D eigenvalue weighted by atomic mass is 10.00. The van der Waals surface area contributed by atoms with Crippen LogP contribution in [0.3, 0.4) is 0 Å².